The summed E-state index contributed by atoms with van der Waals surface area (Å²) >= 11 is 0. The molecule has 0 spiro atoms. The summed E-state index contributed by atoms with van der Waals surface area (Å²) in [5, 5.41) is 12.2. The number of furan rings is 1. The molecule has 2 N–H and O–H groups in total. The molecule has 1 aliphatic rings. The number of carboxylic acid groups (broad SMARTS) is 1. The molecule has 0 radical (unpaired) electrons. The molecule has 1 unspecified atom stereocenters. The minimum absolute atomic E-state index is 0.0356. The third-order valence-corrected chi connectivity index (χ3v) is 4.44. The molecule has 0 bridgehead atoms. The van der Waals surface area contributed by atoms with Crippen LogP contribution in [0.25, 0.3) is 0 Å². The Balaban J connectivity index is 1.80. The van der Waals surface area contributed by atoms with Crippen molar-refractivity contribution in [2.24, 2.45) is 5.92 Å². The van der Waals surface area contributed by atoms with Crippen LogP contribution in [0.15, 0.2) is 34.7 Å². The zero-order valence-electron chi connectivity index (χ0n) is 14.2. The fraction of sp³-hybridized carbons (Fsp3) is 0.368. The van der Waals surface area contributed by atoms with E-state index in [2.05, 4.69) is 5.32 Å². The number of hydrogen-bond acceptors (Lipinski definition) is 4. The van der Waals surface area contributed by atoms with E-state index < -0.39 is 11.9 Å². The molecule has 2 aromatic rings. The Kier molecular flexibility index (Phi) is 4.79. The highest BCUT2D eigenvalue weighted by molar-refractivity contribution is 5.96. The maximum absolute atomic E-state index is 12.6. The fourth-order valence-electron chi connectivity index (χ4n) is 2.91. The van der Waals surface area contributed by atoms with Gasteiger partial charge >= 0.3 is 5.97 Å². The number of aryl methyl sites for hydroxylation is 1. The number of carboxylic acids is 1. The van der Waals surface area contributed by atoms with Crippen LogP contribution in [-0.4, -0.2) is 24.1 Å². The Morgan fingerprint density at radius 1 is 1.32 bits per heavy atom. The molecule has 0 saturated heterocycles. The second-order valence-corrected chi connectivity index (χ2v) is 6.17. The van der Waals surface area contributed by atoms with Crippen molar-refractivity contribution in [2.75, 3.05) is 7.11 Å². The summed E-state index contributed by atoms with van der Waals surface area (Å²) in [5.74, 6) is 0.00758. The van der Waals surface area contributed by atoms with Gasteiger partial charge in [-0.25, -0.2) is 4.79 Å². The summed E-state index contributed by atoms with van der Waals surface area (Å²) in [6.07, 6.45) is 2.52. The summed E-state index contributed by atoms with van der Waals surface area (Å²) in [4.78, 5) is 23.8. The highest BCUT2D eigenvalue weighted by Gasteiger charge is 2.34. The largest absolute Gasteiger partial charge is 0.497 e. The Hall–Kier alpha value is -2.76. The summed E-state index contributed by atoms with van der Waals surface area (Å²) in [5.41, 5.74) is 1.04. The van der Waals surface area contributed by atoms with Gasteiger partial charge in [-0.3, -0.25) is 4.79 Å². The van der Waals surface area contributed by atoms with Gasteiger partial charge in [-0.1, -0.05) is 19.1 Å². The predicted octanol–water partition coefficient (Wildman–Crippen LogP) is 3.43. The molecule has 6 heteroatoms. The number of amides is 1. The van der Waals surface area contributed by atoms with Crippen LogP contribution in [-0.2, 0) is 6.42 Å². The first-order valence-electron chi connectivity index (χ1n) is 8.34. The van der Waals surface area contributed by atoms with Crippen molar-refractivity contribution in [2.45, 2.75) is 32.2 Å². The van der Waals surface area contributed by atoms with E-state index >= 15 is 0 Å². The molecule has 1 saturated carbocycles. The molecule has 3 rings (SSSR count). The van der Waals surface area contributed by atoms with Crippen molar-refractivity contribution in [3.63, 3.8) is 0 Å². The standard InChI is InChI=1S/C19H21NO5/c1-3-15-14(19(22)23)10-16(25-15)18(21)20-17(11-4-5-11)12-6-8-13(24-2)9-7-12/h6-11,17H,3-5H2,1-2H3,(H,20,21)(H,22,23). The average Bonchev–Trinajstić information content (AvgIpc) is 3.36. The van der Waals surface area contributed by atoms with E-state index in [-0.39, 0.29) is 17.4 Å². The van der Waals surface area contributed by atoms with Crippen molar-refractivity contribution >= 4 is 11.9 Å². The topological polar surface area (TPSA) is 88.8 Å². The van der Waals surface area contributed by atoms with E-state index in [0.717, 1.165) is 24.2 Å². The molecule has 1 heterocycles. The zero-order valence-corrected chi connectivity index (χ0v) is 14.2. The van der Waals surface area contributed by atoms with Gasteiger partial charge in [0.2, 0.25) is 0 Å². The molecule has 0 aliphatic heterocycles. The average molecular weight is 343 g/mol. The lowest BCUT2D eigenvalue weighted by atomic mass is 10.0. The quantitative estimate of drug-likeness (QED) is 0.804. The van der Waals surface area contributed by atoms with Gasteiger partial charge in [0, 0.05) is 12.5 Å². The van der Waals surface area contributed by atoms with Crippen LogP contribution >= 0.6 is 0 Å². The molecule has 1 aromatic carbocycles. The van der Waals surface area contributed by atoms with Crippen LogP contribution in [0.3, 0.4) is 0 Å². The van der Waals surface area contributed by atoms with Gasteiger partial charge in [0.1, 0.15) is 17.1 Å². The summed E-state index contributed by atoms with van der Waals surface area (Å²) in [6.45, 7) is 1.79. The van der Waals surface area contributed by atoms with Crippen molar-refractivity contribution in [1.29, 1.82) is 0 Å². The van der Waals surface area contributed by atoms with Crippen LogP contribution in [0.1, 0.15) is 58.0 Å². The van der Waals surface area contributed by atoms with Crippen molar-refractivity contribution < 1.29 is 23.8 Å². The SMILES string of the molecule is CCc1oc(C(=O)NC(c2ccc(OC)cc2)C2CC2)cc1C(=O)O. The Morgan fingerprint density at radius 2 is 2.00 bits per heavy atom. The van der Waals surface area contributed by atoms with Crippen LogP contribution in [0.5, 0.6) is 5.75 Å². The van der Waals surface area contributed by atoms with E-state index in [1.165, 1.54) is 6.07 Å². The molecule has 1 aromatic heterocycles. The van der Waals surface area contributed by atoms with Crippen molar-refractivity contribution in [3.05, 3.63) is 53.0 Å². The van der Waals surface area contributed by atoms with Crippen LogP contribution in [0.4, 0.5) is 0 Å². The Labute approximate surface area is 145 Å². The molecule has 1 atom stereocenters. The minimum Gasteiger partial charge on any atom is -0.497 e. The number of carbonyl (C=O) groups excluding carboxylic acids is 1. The van der Waals surface area contributed by atoms with Crippen LogP contribution in [0, 0.1) is 5.92 Å². The molecular formula is C19H21NO5. The van der Waals surface area contributed by atoms with Crippen LogP contribution in [0.2, 0.25) is 0 Å². The summed E-state index contributed by atoms with van der Waals surface area (Å²) in [6, 6.07) is 8.77. The van der Waals surface area contributed by atoms with E-state index in [0.29, 0.717) is 18.1 Å². The van der Waals surface area contributed by atoms with Gasteiger partial charge in [-0.15, -0.1) is 0 Å². The van der Waals surface area contributed by atoms with E-state index in [4.69, 9.17) is 9.15 Å². The minimum atomic E-state index is -1.09. The molecule has 132 valence electrons. The molecule has 6 nitrogen and oxygen atoms in total. The zero-order chi connectivity index (χ0) is 18.0. The molecular weight excluding hydrogens is 322 g/mol. The summed E-state index contributed by atoms with van der Waals surface area (Å²) in [7, 11) is 1.61. The smallest absolute Gasteiger partial charge is 0.339 e. The second kappa shape index (κ2) is 7.01. The lowest BCUT2D eigenvalue weighted by Crippen LogP contribution is -2.29. The van der Waals surface area contributed by atoms with Gasteiger partial charge in [-0.05, 0) is 36.5 Å². The third-order valence-electron chi connectivity index (χ3n) is 4.44. The maximum atomic E-state index is 12.6. The molecule has 25 heavy (non-hydrogen) atoms. The van der Waals surface area contributed by atoms with Gasteiger partial charge in [-0.2, -0.15) is 0 Å². The number of rotatable bonds is 7. The first kappa shape index (κ1) is 17.1. The maximum Gasteiger partial charge on any atom is 0.339 e. The highest BCUT2D eigenvalue weighted by Crippen LogP contribution is 2.41. The number of nitrogens with one attached hydrogen (secondary N) is 1. The molecule has 1 aliphatic carbocycles. The lowest BCUT2D eigenvalue weighted by Gasteiger charge is -2.18. The first-order valence-corrected chi connectivity index (χ1v) is 8.34. The first-order chi connectivity index (χ1) is 12.0. The molecule has 1 fully saturated rings. The lowest BCUT2D eigenvalue weighted by molar-refractivity contribution is 0.0694. The van der Waals surface area contributed by atoms with E-state index in [9.17, 15) is 14.7 Å². The van der Waals surface area contributed by atoms with Crippen LogP contribution < -0.4 is 10.1 Å². The normalized spacial score (nSPS) is 14.8. The number of hydrogen-bond donors (Lipinski definition) is 2. The molecule has 1 amide bonds. The Bertz CT molecular complexity index is 774. The number of ether oxygens (including phenoxy) is 1. The van der Waals surface area contributed by atoms with Gasteiger partial charge in [0.05, 0.1) is 13.2 Å². The summed E-state index contributed by atoms with van der Waals surface area (Å²) < 4.78 is 10.6. The van der Waals surface area contributed by atoms with E-state index in [1.807, 2.05) is 24.3 Å². The number of benzene rings is 1. The number of carbonyl (C=O) groups is 2. The number of methoxy groups -OCH3 is 1. The monoisotopic (exact) mass is 343 g/mol. The number of aromatic carboxylic acids is 1. The second-order valence-electron chi connectivity index (χ2n) is 6.17. The third kappa shape index (κ3) is 3.68. The van der Waals surface area contributed by atoms with Crippen molar-refractivity contribution in [3.8, 4) is 5.75 Å². The fourth-order valence-corrected chi connectivity index (χ4v) is 2.91. The predicted molar refractivity (Wildman–Crippen MR) is 91.0 cm³/mol. The highest BCUT2D eigenvalue weighted by atomic mass is 16.5. The van der Waals surface area contributed by atoms with E-state index in [1.54, 1.807) is 14.0 Å². The van der Waals surface area contributed by atoms with Crippen molar-refractivity contribution in [1.82, 2.24) is 5.32 Å². The van der Waals surface area contributed by atoms with Gasteiger partial charge in [0.25, 0.3) is 5.91 Å². The Morgan fingerprint density at radius 3 is 2.48 bits per heavy atom. The van der Waals surface area contributed by atoms with Gasteiger partial charge < -0.3 is 19.6 Å². The van der Waals surface area contributed by atoms with Gasteiger partial charge in [0.15, 0.2) is 5.76 Å².